The van der Waals surface area contributed by atoms with E-state index in [1.54, 1.807) is 0 Å². The zero-order chi connectivity index (χ0) is 16.4. The lowest BCUT2D eigenvalue weighted by Crippen LogP contribution is -2.45. The van der Waals surface area contributed by atoms with E-state index in [9.17, 15) is 4.79 Å². The van der Waals surface area contributed by atoms with Crippen LogP contribution in [-0.4, -0.2) is 48.7 Å². The Hall–Kier alpha value is -1.39. The third-order valence-corrected chi connectivity index (χ3v) is 5.94. The molecule has 130 valence electrons. The van der Waals surface area contributed by atoms with E-state index in [1.807, 2.05) is 0 Å². The zero-order valence-corrected chi connectivity index (χ0v) is 14.3. The number of nitrogens with zero attached hydrogens (tertiary/aromatic N) is 1. The summed E-state index contributed by atoms with van der Waals surface area (Å²) in [5, 5.41) is 3.15. The van der Waals surface area contributed by atoms with Crippen LogP contribution >= 0.6 is 0 Å². The van der Waals surface area contributed by atoms with Gasteiger partial charge in [-0.05, 0) is 56.6 Å². The molecule has 1 aromatic carbocycles. The first-order valence-electron chi connectivity index (χ1n) is 9.50. The average Bonchev–Trinajstić information content (AvgIpc) is 3.00. The third-order valence-electron chi connectivity index (χ3n) is 5.94. The Balaban J connectivity index is 1.25. The number of carbonyl (C=O) groups is 1. The highest BCUT2D eigenvalue weighted by atomic mass is 16.5. The SMILES string of the molecule is O=C(NC1CCC1)[C@@H]1C[C@@H]2CCN(CCc3ccccc3)C[C@H]2O1. The number of fused-ring (bicyclic) bond motifs is 1. The number of rotatable bonds is 5. The van der Waals surface area contributed by atoms with Crippen LogP contribution in [0, 0.1) is 5.92 Å². The highest BCUT2D eigenvalue weighted by molar-refractivity contribution is 5.81. The minimum Gasteiger partial charge on any atom is -0.364 e. The van der Waals surface area contributed by atoms with E-state index in [4.69, 9.17) is 4.74 Å². The zero-order valence-electron chi connectivity index (χ0n) is 14.3. The largest absolute Gasteiger partial charge is 0.364 e. The van der Waals surface area contributed by atoms with Gasteiger partial charge in [-0.3, -0.25) is 4.79 Å². The third kappa shape index (κ3) is 3.65. The minimum absolute atomic E-state index is 0.130. The molecule has 3 aliphatic rings. The summed E-state index contributed by atoms with van der Waals surface area (Å²) in [5.74, 6) is 0.694. The van der Waals surface area contributed by atoms with E-state index in [-0.39, 0.29) is 18.1 Å². The van der Waals surface area contributed by atoms with Crippen LogP contribution in [0.1, 0.15) is 37.7 Å². The van der Waals surface area contributed by atoms with Crippen molar-refractivity contribution in [2.75, 3.05) is 19.6 Å². The van der Waals surface area contributed by atoms with Crippen molar-refractivity contribution in [2.24, 2.45) is 5.92 Å². The van der Waals surface area contributed by atoms with Gasteiger partial charge in [-0.1, -0.05) is 30.3 Å². The number of benzene rings is 1. The second-order valence-corrected chi connectivity index (χ2v) is 7.62. The number of hydrogen-bond acceptors (Lipinski definition) is 3. The van der Waals surface area contributed by atoms with Crippen molar-refractivity contribution in [3.05, 3.63) is 35.9 Å². The molecule has 1 amide bonds. The molecule has 0 spiro atoms. The van der Waals surface area contributed by atoms with E-state index in [2.05, 4.69) is 40.5 Å². The molecule has 0 bridgehead atoms. The maximum atomic E-state index is 12.3. The van der Waals surface area contributed by atoms with Crippen molar-refractivity contribution in [3.8, 4) is 0 Å². The van der Waals surface area contributed by atoms with E-state index < -0.39 is 0 Å². The second kappa shape index (κ2) is 7.24. The van der Waals surface area contributed by atoms with E-state index in [0.29, 0.717) is 12.0 Å². The fourth-order valence-electron chi connectivity index (χ4n) is 4.14. The molecule has 2 saturated heterocycles. The molecule has 4 heteroatoms. The van der Waals surface area contributed by atoms with E-state index >= 15 is 0 Å². The van der Waals surface area contributed by atoms with Crippen LogP contribution in [0.25, 0.3) is 0 Å². The smallest absolute Gasteiger partial charge is 0.249 e. The molecule has 1 aromatic rings. The summed E-state index contributed by atoms with van der Waals surface area (Å²) in [5.41, 5.74) is 1.39. The first-order valence-corrected chi connectivity index (χ1v) is 9.50. The first-order chi connectivity index (χ1) is 11.8. The van der Waals surface area contributed by atoms with Crippen molar-refractivity contribution in [3.63, 3.8) is 0 Å². The van der Waals surface area contributed by atoms with Gasteiger partial charge in [-0.25, -0.2) is 0 Å². The number of ether oxygens (including phenoxy) is 1. The summed E-state index contributed by atoms with van der Waals surface area (Å²) in [7, 11) is 0. The molecule has 1 N–H and O–H groups in total. The van der Waals surface area contributed by atoms with Gasteiger partial charge in [0.05, 0.1) is 6.10 Å². The Morgan fingerprint density at radius 2 is 2.04 bits per heavy atom. The van der Waals surface area contributed by atoms with Gasteiger partial charge in [-0.15, -0.1) is 0 Å². The number of hydrogen-bond donors (Lipinski definition) is 1. The molecule has 1 saturated carbocycles. The predicted molar refractivity (Wildman–Crippen MR) is 93.8 cm³/mol. The van der Waals surface area contributed by atoms with Crippen molar-refractivity contribution in [1.29, 1.82) is 0 Å². The summed E-state index contributed by atoms with van der Waals surface area (Å²) in [4.78, 5) is 14.8. The van der Waals surface area contributed by atoms with Crippen LogP contribution in [0.4, 0.5) is 0 Å². The maximum absolute atomic E-state index is 12.3. The van der Waals surface area contributed by atoms with Crippen molar-refractivity contribution >= 4 is 5.91 Å². The van der Waals surface area contributed by atoms with Gasteiger partial charge < -0.3 is 15.0 Å². The van der Waals surface area contributed by atoms with E-state index in [1.165, 1.54) is 12.0 Å². The average molecular weight is 328 g/mol. The number of amides is 1. The minimum atomic E-state index is -0.213. The van der Waals surface area contributed by atoms with Crippen molar-refractivity contribution in [1.82, 2.24) is 10.2 Å². The Morgan fingerprint density at radius 3 is 2.79 bits per heavy atom. The normalized spacial score (nSPS) is 30.6. The van der Waals surface area contributed by atoms with Gasteiger partial charge in [-0.2, -0.15) is 0 Å². The molecular weight excluding hydrogens is 300 g/mol. The summed E-state index contributed by atoms with van der Waals surface area (Å²) in [6.45, 7) is 3.19. The van der Waals surface area contributed by atoms with Gasteiger partial charge in [0.2, 0.25) is 5.91 Å². The Morgan fingerprint density at radius 1 is 1.21 bits per heavy atom. The summed E-state index contributed by atoms with van der Waals surface area (Å²) >= 11 is 0. The molecule has 2 aliphatic heterocycles. The Kier molecular flexibility index (Phi) is 4.86. The topological polar surface area (TPSA) is 41.6 Å². The van der Waals surface area contributed by atoms with Crippen LogP contribution < -0.4 is 5.32 Å². The number of carbonyl (C=O) groups excluding carboxylic acids is 1. The maximum Gasteiger partial charge on any atom is 0.249 e. The van der Waals surface area contributed by atoms with Crippen LogP contribution in [0.5, 0.6) is 0 Å². The summed E-state index contributed by atoms with van der Waals surface area (Å²) < 4.78 is 6.13. The summed E-state index contributed by atoms with van der Waals surface area (Å²) in [6.07, 6.45) is 6.71. The molecule has 4 nitrogen and oxygen atoms in total. The van der Waals surface area contributed by atoms with Crippen molar-refractivity contribution < 1.29 is 9.53 Å². The van der Waals surface area contributed by atoms with Gasteiger partial charge in [0.1, 0.15) is 6.10 Å². The standard InChI is InChI=1S/C20H28N2O2/c23-20(21-17-7-4-8-17)18-13-16-10-12-22(14-19(16)24-18)11-9-15-5-2-1-3-6-15/h1-3,5-6,16-19H,4,7-14H2,(H,21,23)/t16-,18-,19+/m0/s1. The molecule has 3 atom stereocenters. The van der Waals surface area contributed by atoms with Gasteiger partial charge >= 0.3 is 0 Å². The van der Waals surface area contributed by atoms with Gasteiger partial charge in [0.15, 0.2) is 0 Å². The van der Waals surface area contributed by atoms with Crippen molar-refractivity contribution in [2.45, 2.75) is 56.8 Å². The molecular formula is C20H28N2O2. The highest BCUT2D eigenvalue weighted by Crippen LogP contribution is 2.33. The molecule has 1 aliphatic carbocycles. The van der Waals surface area contributed by atoms with Crippen LogP contribution in [-0.2, 0) is 16.0 Å². The number of likely N-dealkylation sites (tertiary alicyclic amines) is 1. The fourth-order valence-corrected chi connectivity index (χ4v) is 4.14. The Bertz CT molecular complexity index is 558. The number of nitrogens with one attached hydrogen (secondary N) is 1. The van der Waals surface area contributed by atoms with Gasteiger partial charge in [0.25, 0.3) is 0 Å². The molecule has 24 heavy (non-hydrogen) atoms. The molecule has 3 fully saturated rings. The highest BCUT2D eigenvalue weighted by Gasteiger charge is 2.42. The van der Waals surface area contributed by atoms with Crippen LogP contribution in [0.2, 0.25) is 0 Å². The van der Waals surface area contributed by atoms with Crippen LogP contribution in [0.15, 0.2) is 30.3 Å². The fraction of sp³-hybridized carbons (Fsp3) is 0.650. The molecule has 0 unspecified atom stereocenters. The van der Waals surface area contributed by atoms with E-state index in [0.717, 1.165) is 51.7 Å². The first kappa shape index (κ1) is 16.1. The monoisotopic (exact) mass is 328 g/mol. The molecule has 0 aromatic heterocycles. The molecule has 4 rings (SSSR count). The van der Waals surface area contributed by atoms with Crippen LogP contribution in [0.3, 0.4) is 0 Å². The lowest BCUT2D eigenvalue weighted by Gasteiger charge is -2.34. The number of piperidine rings is 1. The molecule has 2 heterocycles. The Labute approximate surface area is 144 Å². The second-order valence-electron chi connectivity index (χ2n) is 7.62. The van der Waals surface area contributed by atoms with Gasteiger partial charge in [0, 0.05) is 19.1 Å². The molecule has 0 radical (unpaired) electrons. The quantitative estimate of drug-likeness (QED) is 0.902. The summed E-state index contributed by atoms with van der Waals surface area (Å²) in [6, 6.07) is 11.1. The predicted octanol–water partition coefficient (Wildman–Crippen LogP) is 2.38. The lowest BCUT2D eigenvalue weighted by molar-refractivity contribution is -0.134. The lowest BCUT2D eigenvalue weighted by atomic mass is 9.90.